The van der Waals surface area contributed by atoms with Crippen molar-refractivity contribution >= 4 is 53.3 Å². The Bertz CT molecular complexity index is 2050. The third-order valence-corrected chi connectivity index (χ3v) is 11.9. The molecule has 3 aliphatic heterocycles. The Balaban J connectivity index is 1.19. The summed E-state index contributed by atoms with van der Waals surface area (Å²) in [4.78, 5) is 105. The van der Waals surface area contributed by atoms with Gasteiger partial charge in [0.25, 0.3) is 11.9 Å². The first-order chi connectivity index (χ1) is 31.2. The number of nitrogens with two attached hydrogens (primary N) is 3. The highest BCUT2D eigenvalue weighted by Crippen LogP contribution is 2.26. The van der Waals surface area contributed by atoms with E-state index in [0.717, 1.165) is 5.56 Å². The van der Waals surface area contributed by atoms with E-state index in [2.05, 4.69) is 25.9 Å². The van der Waals surface area contributed by atoms with Gasteiger partial charge in [0.05, 0.1) is 12.6 Å². The van der Waals surface area contributed by atoms with Crippen molar-refractivity contribution in [1.29, 1.82) is 0 Å². The number of rotatable bonds is 21. The quantitative estimate of drug-likeness (QED) is 0.0252. The minimum Gasteiger partial charge on any atom is -0.476 e. The van der Waals surface area contributed by atoms with Gasteiger partial charge in [-0.25, -0.2) is 4.79 Å². The Labute approximate surface area is 376 Å². The number of aliphatic imine (C=N–C) groups is 1. The second-order valence-corrected chi connectivity index (χ2v) is 16.5. The van der Waals surface area contributed by atoms with Crippen LogP contribution in [0.2, 0.25) is 0 Å². The topological polar surface area (TPSA) is 333 Å². The molecule has 65 heavy (non-hydrogen) atoms. The fraction of sp³-hybridized carbons (Fsp3) is 0.523. The number of hydrogen-bond donors (Lipinski definition) is 9. The fourth-order valence-corrected chi connectivity index (χ4v) is 8.54. The van der Waals surface area contributed by atoms with E-state index in [9.17, 15) is 43.8 Å². The van der Waals surface area contributed by atoms with Gasteiger partial charge in [-0.2, -0.15) is 4.99 Å². The number of carbonyl (C=O) groups is 7. The second kappa shape index (κ2) is 23.9. The van der Waals surface area contributed by atoms with Crippen LogP contribution in [0, 0.1) is 0 Å². The number of carbonyl (C=O) groups excluding carboxylic acids is 6. The number of aliphatic hydroxyl groups excluding tert-OH is 1. The van der Waals surface area contributed by atoms with Crippen molar-refractivity contribution in [2.45, 2.75) is 107 Å². The van der Waals surface area contributed by atoms with Crippen molar-refractivity contribution in [2.24, 2.45) is 22.2 Å². The molecule has 3 aliphatic rings. The van der Waals surface area contributed by atoms with Crippen molar-refractivity contribution in [2.75, 3.05) is 39.3 Å². The van der Waals surface area contributed by atoms with E-state index in [-0.39, 0.29) is 43.7 Å². The van der Waals surface area contributed by atoms with Crippen LogP contribution in [-0.2, 0) is 46.4 Å². The summed E-state index contributed by atoms with van der Waals surface area (Å²) in [7, 11) is 0. The number of aliphatic hydroxyl groups is 1. The SMILES string of the molecule is NC(N)=NCCC[C@H](N)C(=O)N1CCCC1C(=O)N1CCC[C@H]1C(=O)NCC(=O)N[C@@H](Cc1ccccc1)C(=O)N[C@@H](C[OH2+])C(=O)N1CCC[C@H]1C(O)=[NH+][C@@H](Cc1ccccc1)C(=O)O. The highest BCUT2D eigenvalue weighted by Gasteiger charge is 2.44. The first-order valence-corrected chi connectivity index (χ1v) is 22.1. The number of guanidine groups is 1. The highest BCUT2D eigenvalue weighted by molar-refractivity contribution is 5.96. The van der Waals surface area contributed by atoms with Crippen LogP contribution >= 0.6 is 0 Å². The lowest BCUT2D eigenvalue weighted by Crippen LogP contribution is -2.85. The van der Waals surface area contributed by atoms with Gasteiger partial charge in [0, 0.05) is 39.0 Å². The highest BCUT2D eigenvalue weighted by atomic mass is 16.4. The second-order valence-electron chi connectivity index (χ2n) is 16.5. The monoisotopic (exact) mass is 905 g/mol. The van der Waals surface area contributed by atoms with Crippen LogP contribution in [0.1, 0.15) is 62.5 Å². The Hall–Kier alpha value is -6.61. The molecule has 7 atom stereocenters. The number of likely N-dealkylation sites (tertiary alicyclic amines) is 3. The van der Waals surface area contributed by atoms with Crippen LogP contribution in [0.15, 0.2) is 65.7 Å². The van der Waals surface area contributed by atoms with E-state index in [0.29, 0.717) is 70.0 Å². The molecule has 3 fully saturated rings. The maximum Gasteiger partial charge on any atom is 0.373 e. The molecule has 2 aromatic rings. The molecule has 5 rings (SSSR count). The van der Waals surface area contributed by atoms with Gasteiger partial charge >= 0.3 is 11.9 Å². The molecule has 2 aromatic carbocycles. The number of benzene rings is 2. The zero-order valence-corrected chi connectivity index (χ0v) is 36.4. The van der Waals surface area contributed by atoms with Gasteiger partial charge in [0.15, 0.2) is 24.7 Å². The molecule has 0 aliphatic carbocycles. The standard InChI is InChI=1S/C44H61N11O10/c45-29(15-7-19-48-44(46)47)40(61)55-22-10-18-35(55)42(63)54-21-8-16-33(54)38(59)49-25-36(57)50-30(23-27-11-3-1-4-12-27)37(58)52-32(26-56)41(62)53-20-9-17-34(53)39(60)51-31(43(64)65)24-28-13-5-2-6-14-28/h1-6,11-14,29-35,56H,7-10,15-26,45H2,(H,49,59)(H,50,57)(H,51,60)(H,52,58)(H,64,65)(H4,46,47,48)/p+2/t29-,30-,31-,32-,33-,34-,35?/m0/s1. The normalized spacial score (nSPS) is 20.3. The molecule has 352 valence electrons. The van der Waals surface area contributed by atoms with Gasteiger partial charge in [0.2, 0.25) is 29.5 Å². The van der Waals surface area contributed by atoms with Gasteiger partial charge in [0.1, 0.15) is 18.1 Å². The number of aliphatic carboxylic acids is 1. The van der Waals surface area contributed by atoms with Crippen LogP contribution < -0.4 is 38.1 Å². The first-order valence-electron chi connectivity index (χ1n) is 22.1. The molecule has 0 spiro atoms. The summed E-state index contributed by atoms with van der Waals surface area (Å²) in [6.45, 7) is -0.00190. The summed E-state index contributed by atoms with van der Waals surface area (Å²) in [5.74, 6) is -5.17. The van der Waals surface area contributed by atoms with Gasteiger partial charge in [-0.3, -0.25) is 33.8 Å². The Kier molecular flexibility index (Phi) is 18.2. The van der Waals surface area contributed by atoms with Gasteiger partial charge in [-0.05, 0) is 62.5 Å². The zero-order valence-electron chi connectivity index (χ0n) is 36.4. The third kappa shape index (κ3) is 13.7. The lowest BCUT2D eigenvalue weighted by atomic mass is 10.0. The predicted molar refractivity (Wildman–Crippen MR) is 238 cm³/mol. The number of carboxylic acid groups (broad SMARTS) is 1. The van der Waals surface area contributed by atoms with Crippen molar-refractivity contribution in [3.63, 3.8) is 0 Å². The average Bonchev–Trinajstić information content (AvgIpc) is 4.11. The van der Waals surface area contributed by atoms with Gasteiger partial charge < -0.3 is 63.2 Å². The zero-order chi connectivity index (χ0) is 47.0. The van der Waals surface area contributed by atoms with Crippen molar-refractivity contribution in [3.05, 3.63) is 71.8 Å². The van der Waals surface area contributed by atoms with E-state index in [1.807, 2.05) is 0 Å². The van der Waals surface area contributed by atoms with Crippen molar-refractivity contribution in [3.8, 4) is 0 Å². The van der Waals surface area contributed by atoms with E-state index in [1.54, 1.807) is 60.7 Å². The van der Waals surface area contributed by atoms with Crippen molar-refractivity contribution < 1.29 is 53.9 Å². The third-order valence-electron chi connectivity index (χ3n) is 11.9. The number of amides is 6. The summed E-state index contributed by atoms with van der Waals surface area (Å²) < 4.78 is 0. The number of nitrogens with zero attached hydrogens (tertiary/aromatic N) is 4. The minimum atomic E-state index is -1.38. The molecule has 3 heterocycles. The molecule has 6 amide bonds. The van der Waals surface area contributed by atoms with Gasteiger partial charge in [-0.15, -0.1) is 0 Å². The molecule has 21 nitrogen and oxygen atoms in total. The molecule has 0 radical (unpaired) electrons. The Morgan fingerprint density at radius 2 is 1.32 bits per heavy atom. The average molecular weight is 906 g/mol. The fourth-order valence-electron chi connectivity index (χ4n) is 8.54. The maximum atomic E-state index is 13.9. The summed E-state index contributed by atoms with van der Waals surface area (Å²) >= 11 is 0. The molecule has 0 aromatic heterocycles. The van der Waals surface area contributed by atoms with Crippen LogP contribution in [0.5, 0.6) is 0 Å². The van der Waals surface area contributed by atoms with E-state index >= 15 is 0 Å². The van der Waals surface area contributed by atoms with Crippen LogP contribution in [0.25, 0.3) is 0 Å². The number of hydrogen-bond acceptors (Lipinski definition) is 9. The molecule has 0 bridgehead atoms. The largest absolute Gasteiger partial charge is 0.476 e. The van der Waals surface area contributed by atoms with Gasteiger partial charge in [-0.1, -0.05) is 60.7 Å². The molecular weight excluding hydrogens is 843 g/mol. The van der Waals surface area contributed by atoms with Crippen LogP contribution in [0.3, 0.4) is 0 Å². The lowest BCUT2D eigenvalue weighted by molar-refractivity contribution is -0.500. The van der Waals surface area contributed by atoms with Crippen LogP contribution in [-0.4, -0.2) is 165 Å². The van der Waals surface area contributed by atoms with E-state index < -0.39 is 90.9 Å². The van der Waals surface area contributed by atoms with E-state index in [1.165, 1.54) is 14.7 Å². The molecule has 0 saturated carbocycles. The summed E-state index contributed by atoms with van der Waals surface area (Å²) in [5.41, 5.74) is 18.3. The molecule has 21 heteroatoms. The summed E-state index contributed by atoms with van der Waals surface area (Å²) in [6.07, 6.45) is 3.49. The maximum absolute atomic E-state index is 13.9. The minimum absolute atomic E-state index is 0.00444. The molecule has 3 saturated heterocycles. The molecule has 14 N–H and O–H groups in total. The molecular formula is C44H63N11O10+2. The number of carboxylic acids is 1. The van der Waals surface area contributed by atoms with Crippen molar-refractivity contribution in [1.82, 2.24) is 30.7 Å². The Morgan fingerprint density at radius 1 is 0.754 bits per heavy atom. The van der Waals surface area contributed by atoms with E-state index in [4.69, 9.17) is 22.3 Å². The predicted octanol–water partition coefficient (Wildman–Crippen LogP) is -3.87. The first kappa shape index (κ1) is 49.4. The lowest BCUT2D eigenvalue weighted by Gasteiger charge is -2.32. The Morgan fingerprint density at radius 3 is 1.92 bits per heavy atom. The smallest absolute Gasteiger partial charge is 0.373 e. The van der Waals surface area contributed by atoms with Crippen LogP contribution in [0.4, 0.5) is 0 Å². The number of nitrogens with one attached hydrogen (secondary N) is 4. The molecule has 1 unspecified atom stereocenters. The summed E-state index contributed by atoms with van der Waals surface area (Å²) in [6, 6.07) is 10.4. The summed E-state index contributed by atoms with van der Waals surface area (Å²) in [5, 5.41) is 37.0.